The summed E-state index contributed by atoms with van der Waals surface area (Å²) in [4.78, 5) is 11.4. The van der Waals surface area contributed by atoms with E-state index in [4.69, 9.17) is 5.14 Å². The number of rotatable bonds is 3. The Hall–Kier alpha value is -1.12. The number of nitrogens with one attached hydrogen (secondary N) is 2. The summed E-state index contributed by atoms with van der Waals surface area (Å²) in [5, 5.41) is 10.2. The van der Waals surface area contributed by atoms with Gasteiger partial charge >= 0.3 is 6.03 Å². The Labute approximate surface area is 114 Å². The van der Waals surface area contributed by atoms with Gasteiger partial charge in [0.25, 0.3) is 0 Å². The minimum Gasteiger partial charge on any atom is -0.336 e. The molecule has 0 bridgehead atoms. The molecule has 0 fully saturated rings. The Morgan fingerprint density at radius 1 is 1.39 bits per heavy atom. The molecule has 0 unspecified atom stereocenters. The molecule has 0 aliphatic heterocycles. The second-order valence-corrected chi connectivity index (χ2v) is 6.36. The number of benzene rings is 1. The third-order valence-electron chi connectivity index (χ3n) is 1.94. The van der Waals surface area contributed by atoms with Gasteiger partial charge in [-0.05, 0) is 48.0 Å². The first-order valence-electron chi connectivity index (χ1n) is 5.10. The molecule has 8 heteroatoms. The lowest BCUT2D eigenvalue weighted by atomic mass is 10.3. The van der Waals surface area contributed by atoms with Gasteiger partial charge in [-0.2, -0.15) is 0 Å². The highest BCUT2D eigenvalue weighted by atomic mass is 79.9. The molecule has 4 N–H and O–H groups in total. The van der Waals surface area contributed by atoms with Crippen molar-refractivity contribution in [2.45, 2.75) is 24.8 Å². The number of halogens is 1. The first kappa shape index (κ1) is 14.9. The van der Waals surface area contributed by atoms with Crippen LogP contribution in [0.15, 0.2) is 27.6 Å². The zero-order valence-corrected chi connectivity index (χ0v) is 12.3. The van der Waals surface area contributed by atoms with E-state index in [-0.39, 0.29) is 17.0 Å². The monoisotopic (exact) mass is 335 g/mol. The molecule has 0 aliphatic carbocycles. The second-order valence-electron chi connectivity index (χ2n) is 3.94. The molecule has 0 saturated carbocycles. The molecule has 0 atom stereocenters. The minimum atomic E-state index is -3.75. The molecule has 0 saturated heterocycles. The van der Waals surface area contributed by atoms with E-state index in [0.29, 0.717) is 10.2 Å². The van der Waals surface area contributed by atoms with Crippen molar-refractivity contribution >= 4 is 37.7 Å². The van der Waals surface area contributed by atoms with Gasteiger partial charge in [0.15, 0.2) is 0 Å². The van der Waals surface area contributed by atoms with Crippen LogP contribution in [0.2, 0.25) is 0 Å². The second kappa shape index (κ2) is 5.68. The number of sulfonamides is 1. The topological polar surface area (TPSA) is 101 Å². The molecule has 1 aromatic rings. The predicted molar refractivity (Wildman–Crippen MR) is 72.8 cm³/mol. The molecular weight excluding hydrogens is 322 g/mol. The minimum absolute atomic E-state index is 0.00692. The molecule has 2 amide bonds. The van der Waals surface area contributed by atoms with E-state index in [2.05, 4.69) is 26.6 Å². The highest BCUT2D eigenvalue weighted by molar-refractivity contribution is 9.10. The fraction of sp³-hybridized carbons (Fsp3) is 0.300. The number of anilines is 1. The van der Waals surface area contributed by atoms with Gasteiger partial charge in [0.1, 0.15) is 0 Å². The summed E-state index contributed by atoms with van der Waals surface area (Å²) in [6, 6.07) is 3.76. The maximum Gasteiger partial charge on any atom is 0.319 e. The Morgan fingerprint density at radius 3 is 2.44 bits per heavy atom. The van der Waals surface area contributed by atoms with Crippen LogP contribution in [0.25, 0.3) is 0 Å². The molecule has 0 aliphatic rings. The molecule has 0 heterocycles. The predicted octanol–water partition coefficient (Wildman–Crippen LogP) is 1.63. The molecule has 18 heavy (non-hydrogen) atoms. The van der Waals surface area contributed by atoms with Crippen LogP contribution in [0, 0.1) is 0 Å². The fourth-order valence-corrected chi connectivity index (χ4v) is 2.36. The summed E-state index contributed by atoms with van der Waals surface area (Å²) in [5.41, 5.74) is 0.459. The molecule has 0 spiro atoms. The molecule has 1 rings (SSSR count). The van der Waals surface area contributed by atoms with E-state index >= 15 is 0 Å². The number of hydrogen-bond donors (Lipinski definition) is 3. The molecule has 6 nitrogen and oxygen atoms in total. The summed E-state index contributed by atoms with van der Waals surface area (Å²) >= 11 is 3.17. The van der Waals surface area contributed by atoms with E-state index < -0.39 is 10.0 Å². The van der Waals surface area contributed by atoms with Crippen molar-refractivity contribution in [1.29, 1.82) is 0 Å². The van der Waals surface area contributed by atoms with Gasteiger partial charge in [-0.15, -0.1) is 0 Å². The Bertz CT molecular complexity index is 557. The van der Waals surface area contributed by atoms with Crippen molar-refractivity contribution in [1.82, 2.24) is 5.32 Å². The van der Waals surface area contributed by atoms with Crippen LogP contribution < -0.4 is 15.8 Å². The van der Waals surface area contributed by atoms with Crippen molar-refractivity contribution in [2.75, 3.05) is 5.32 Å². The average Bonchev–Trinajstić information content (AvgIpc) is 2.18. The van der Waals surface area contributed by atoms with Crippen LogP contribution in [0.4, 0.5) is 10.5 Å². The number of carbonyl (C=O) groups is 1. The lowest BCUT2D eigenvalue weighted by molar-refractivity contribution is 0.250. The third kappa shape index (κ3) is 4.28. The number of primary sulfonamides is 1. The molecular formula is C10H14BrN3O3S. The third-order valence-corrected chi connectivity index (χ3v) is 3.50. The van der Waals surface area contributed by atoms with E-state index in [1.165, 1.54) is 18.2 Å². The average molecular weight is 336 g/mol. The molecule has 1 aromatic carbocycles. The molecule has 0 radical (unpaired) electrons. The Balaban J connectivity index is 2.90. The summed E-state index contributed by atoms with van der Waals surface area (Å²) in [5.74, 6) is 0. The van der Waals surface area contributed by atoms with Gasteiger partial charge < -0.3 is 10.6 Å². The largest absolute Gasteiger partial charge is 0.336 e. The zero-order chi connectivity index (χ0) is 13.9. The normalized spacial score (nSPS) is 11.4. The van der Waals surface area contributed by atoms with E-state index in [0.717, 1.165) is 0 Å². The van der Waals surface area contributed by atoms with Crippen LogP contribution in [0.3, 0.4) is 0 Å². The Kier molecular flexibility index (Phi) is 4.71. The van der Waals surface area contributed by atoms with Crippen molar-refractivity contribution in [3.63, 3.8) is 0 Å². The van der Waals surface area contributed by atoms with Gasteiger partial charge in [-0.3, -0.25) is 0 Å². The number of hydrogen-bond acceptors (Lipinski definition) is 3. The number of nitrogens with two attached hydrogens (primary N) is 1. The first-order valence-corrected chi connectivity index (χ1v) is 7.44. The summed E-state index contributed by atoms with van der Waals surface area (Å²) in [6.45, 7) is 3.66. The van der Waals surface area contributed by atoms with Crippen molar-refractivity contribution in [3.8, 4) is 0 Å². The van der Waals surface area contributed by atoms with Crippen molar-refractivity contribution in [2.24, 2.45) is 5.14 Å². The van der Waals surface area contributed by atoms with Gasteiger partial charge in [-0.25, -0.2) is 18.4 Å². The summed E-state index contributed by atoms with van der Waals surface area (Å²) < 4.78 is 22.7. The van der Waals surface area contributed by atoms with Crippen LogP contribution in [-0.2, 0) is 10.0 Å². The van der Waals surface area contributed by atoms with Crippen LogP contribution >= 0.6 is 15.9 Å². The SMILES string of the molecule is CC(C)NC(=O)Nc1ccc(S(N)(=O)=O)cc1Br. The van der Waals surface area contributed by atoms with Crippen molar-refractivity contribution < 1.29 is 13.2 Å². The number of carbonyl (C=O) groups excluding carboxylic acids is 1. The smallest absolute Gasteiger partial charge is 0.319 e. The standard InChI is InChI=1S/C10H14BrN3O3S/c1-6(2)13-10(15)14-9-4-3-7(5-8(9)11)18(12,16)17/h3-6H,1-2H3,(H2,12,16,17)(H2,13,14,15). The van der Waals surface area contributed by atoms with Crippen molar-refractivity contribution in [3.05, 3.63) is 22.7 Å². The van der Waals surface area contributed by atoms with Gasteiger partial charge in [0.05, 0.1) is 10.6 Å². The van der Waals surface area contributed by atoms with Crippen LogP contribution in [0.1, 0.15) is 13.8 Å². The van der Waals surface area contributed by atoms with Gasteiger partial charge in [0, 0.05) is 10.5 Å². The van der Waals surface area contributed by atoms with E-state index in [1.54, 1.807) is 0 Å². The molecule has 100 valence electrons. The van der Waals surface area contributed by atoms with Gasteiger partial charge in [0.2, 0.25) is 10.0 Å². The fourth-order valence-electron chi connectivity index (χ4n) is 1.19. The van der Waals surface area contributed by atoms with E-state index in [9.17, 15) is 13.2 Å². The maximum absolute atomic E-state index is 11.5. The highest BCUT2D eigenvalue weighted by Crippen LogP contribution is 2.25. The Morgan fingerprint density at radius 2 is 2.00 bits per heavy atom. The summed E-state index contributed by atoms with van der Waals surface area (Å²) in [7, 11) is -3.75. The summed E-state index contributed by atoms with van der Waals surface area (Å²) in [6.07, 6.45) is 0. The van der Waals surface area contributed by atoms with Gasteiger partial charge in [-0.1, -0.05) is 0 Å². The quantitative estimate of drug-likeness (QED) is 0.782. The number of urea groups is 1. The molecule has 0 aromatic heterocycles. The van der Waals surface area contributed by atoms with Crippen LogP contribution in [0.5, 0.6) is 0 Å². The van der Waals surface area contributed by atoms with E-state index in [1.807, 2.05) is 13.8 Å². The zero-order valence-electron chi connectivity index (χ0n) is 9.90. The lowest BCUT2D eigenvalue weighted by Crippen LogP contribution is -2.34. The maximum atomic E-state index is 11.5. The number of amides is 2. The highest BCUT2D eigenvalue weighted by Gasteiger charge is 2.12. The van der Waals surface area contributed by atoms with Crippen LogP contribution in [-0.4, -0.2) is 20.5 Å². The lowest BCUT2D eigenvalue weighted by Gasteiger charge is -2.11. The first-order chi connectivity index (χ1) is 8.20.